The molecule has 3 N–H and O–H groups in total. The molecule has 72 valence electrons. The van der Waals surface area contributed by atoms with Gasteiger partial charge in [-0.1, -0.05) is 17.8 Å². The minimum atomic E-state index is 0.821. The highest BCUT2D eigenvalue weighted by Gasteiger charge is 2.00. The topological polar surface area (TPSA) is 54.7 Å². The Balaban J connectivity index is 2.22. The number of aromatic nitrogens is 2. The number of hydrogen-bond donors (Lipinski definition) is 2. The molecule has 0 atom stereocenters. The second kappa shape index (κ2) is 3.75. The third kappa shape index (κ3) is 1.90. The molecule has 1 heterocycles. The Morgan fingerprint density at radius 2 is 2.29 bits per heavy atom. The summed E-state index contributed by atoms with van der Waals surface area (Å²) in [5, 5.41) is 0.883. The van der Waals surface area contributed by atoms with Gasteiger partial charge in [-0.15, -0.1) is 0 Å². The zero-order chi connectivity index (χ0) is 9.97. The Morgan fingerprint density at radius 1 is 1.43 bits per heavy atom. The number of benzene rings is 1. The summed E-state index contributed by atoms with van der Waals surface area (Å²) in [7, 11) is 0. The second-order valence-corrected chi connectivity index (χ2v) is 4.08. The maximum atomic E-state index is 5.81. The molecule has 4 heteroatoms. The number of rotatable bonds is 2. The number of H-pyrrole nitrogens is 1. The van der Waals surface area contributed by atoms with Gasteiger partial charge < -0.3 is 10.7 Å². The minimum absolute atomic E-state index is 0.821. The molecular formula is C10H11N3S. The van der Waals surface area contributed by atoms with E-state index in [2.05, 4.69) is 9.97 Å². The molecule has 0 fully saturated rings. The average Bonchev–Trinajstić information content (AvgIpc) is 2.64. The maximum Gasteiger partial charge on any atom is 0.170 e. The Hall–Kier alpha value is -1.42. The summed E-state index contributed by atoms with van der Waals surface area (Å²) in [5.41, 5.74) is 7.73. The lowest BCUT2D eigenvalue weighted by molar-refractivity contribution is 1.06. The van der Waals surface area contributed by atoms with Crippen LogP contribution in [0.5, 0.6) is 0 Å². The van der Waals surface area contributed by atoms with Gasteiger partial charge in [0.2, 0.25) is 0 Å². The van der Waals surface area contributed by atoms with Crippen molar-refractivity contribution in [3.05, 3.63) is 36.2 Å². The number of nitrogens with two attached hydrogens (primary N) is 1. The lowest BCUT2D eigenvalue weighted by Gasteiger charge is -2.02. The standard InChI is InChI=1S/C10H11N3S/c1-7-2-3-8(6-9(7)11)14-10-12-4-5-13-10/h2-6H,11H2,1H3,(H,12,13). The van der Waals surface area contributed by atoms with Crippen LogP contribution >= 0.6 is 11.8 Å². The van der Waals surface area contributed by atoms with Crippen molar-refractivity contribution in [2.45, 2.75) is 17.0 Å². The van der Waals surface area contributed by atoms with E-state index in [9.17, 15) is 0 Å². The van der Waals surface area contributed by atoms with Crippen LogP contribution in [0.25, 0.3) is 0 Å². The first-order valence-electron chi connectivity index (χ1n) is 4.29. The van der Waals surface area contributed by atoms with Gasteiger partial charge in [-0.3, -0.25) is 0 Å². The smallest absolute Gasteiger partial charge is 0.170 e. The van der Waals surface area contributed by atoms with Crippen molar-refractivity contribution in [3.63, 3.8) is 0 Å². The van der Waals surface area contributed by atoms with Gasteiger partial charge in [0.1, 0.15) is 0 Å². The van der Waals surface area contributed by atoms with E-state index in [0.717, 1.165) is 21.3 Å². The van der Waals surface area contributed by atoms with Crippen LogP contribution in [0.1, 0.15) is 5.56 Å². The quantitative estimate of drug-likeness (QED) is 0.740. The zero-order valence-electron chi connectivity index (χ0n) is 7.82. The molecule has 14 heavy (non-hydrogen) atoms. The molecule has 3 nitrogen and oxygen atoms in total. The van der Waals surface area contributed by atoms with Crippen molar-refractivity contribution in [1.29, 1.82) is 0 Å². The number of aromatic amines is 1. The highest BCUT2D eigenvalue weighted by Crippen LogP contribution is 2.26. The van der Waals surface area contributed by atoms with Gasteiger partial charge >= 0.3 is 0 Å². The molecule has 0 aliphatic carbocycles. The zero-order valence-corrected chi connectivity index (χ0v) is 8.64. The molecule has 0 aliphatic rings. The van der Waals surface area contributed by atoms with Gasteiger partial charge in [0, 0.05) is 23.0 Å². The number of hydrogen-bond acceptors (Lipinski definition) is 3. The number of anilines is 1. The van der Waals surface area contributed by atoms with Crippen LogP contribution in [0.3, 0.4) is 0 Å². The normalized spacial score (nSPS) is 10.4. The van der Waals surface area contributed by atoms with E-state index in [1.54, 1.807) is 24.2 Å². The Morgan fingerprint density at radius 3 is 2.93 bits per heavy atom. The SMILES string of the molecule is Cc1ccc(Sc2ncc[nH]2)cc1N. The highest BCUT2D eigenvalue weighted by atomic mass is 32.2. The summed E-state index contributed by atoms with van der Waals surface area (Å²) in [6, 6.07) is 6.02. The fourth-order valence-electron chi connectivity index (χ4n) is 1.10. The predicted molar refractivity (Wildman–Crippen MR) is 58.3 cm³/mol. The summed E-state index contributed by atoms with van der Waals surface area (Å²) in [4.78, 5) is 8.26. The molecule has 1 aromatic carbocycles. The number of nitrogen functional groups attached to an aromatic ring is 1. The lowest BCUT2D eigenvalue weighted by atomic mass is 10.2. The van der Waals surface area contributed by atoms with Gasteiger partial charge in [-0.05, 0) is 24.6 Å². The van der Waals surface area contributed by atoms with Gasteiger partial charge in [0.15, 0.2) is 5.16 Å². The first kappa shape index (κ1) is 9.15. The number of aryl methyl sites for hydroxylation is 1. The van der Waals surface area contributed by atoms with E-state index in [-0.39, 0.29) is 0 Å². The monoisotopic (exact) mass is 205 g/mol. The molecule has 2 aromatic rings. The Kier molecular flexibility index (Phi) is 2.45. The summed E-state index contributed by atoms with van der Waals surface area (Å²) >= 11 is 1.57. The number of nitrogens with one attached hydrogen (secondary N) is 1. The molecule has 0 unspecified atom stereocenters. The van der Waals surface area contributed by atoms with Crippen LogP contribution < -0.4 is 5.73 Å². The fraction of sp³-hybridized carbons (Fsp3) is 0.100. The summed E-state index contributed by atoms with van der Waals surface area (Å²) in [6.45, 7) is 2.00. The van der Waals surface area contributed by atoms with Crippen molar-refractivity contribution in [2.75, 3.05) is 5.73 Å². The van der Waals surface area contributed by atoms with Crippen LogP contribution in [0, 0.1) is 6.92 Å². The molecule has 0 radical (unpaired) electrons. The number of nitrogens with zero attached hydrogens (tertiary/aromatic N) is 1. The van der Waals surface area contributed by atoms with Gasteiger partial charge in [0.25, 0.3) is 0 Å². The summed E-state index contributed by atoms with van der Waals surface area (Å²) in [6.07, 6.45) is 3.54. The minimum Gasteiger partial charge on any atom is -0.398 e. The molecule has 0 bridgehead atoms. The molecule has 0 amide bonds. The van der Waals surface area contributed by atoms with Crippen molar-refractivity contribution >= 4 is 17.4 Å². The molecule has 0 saturated heterocycles. The van der Waals surface area contributed by atoms with Crippen LogP contribution in [-0.2, 0) is 0 Å². The molecular weight excluding hydrogens is 194 g/mol. The molecule has 0 spiro atoms. The van der Waals surface area contributed by atoms with E-state index in [4.69, 9.17) is 5.73 Å². The maximum absolute atomic E-state index is 5.81. The highest BCUT2D eigenvalue weighted by molar-refractivity contribution is 7.99. The van der Waals surface area contributed by atoms with Crippen LogP contribution in [-0.4, -0.2) is 9.97 Å². The van der Waals surface area contributed by atoms with E-state index < -0.39 is 0 Å². The van der Waals surface area contributed by atoms with E-state index in [0.29, 0.717) is 0 Å². The first-order valence-corrected chi connectivity index (χ1v) is 5.11. The van der Waals surface area contributed by atoms with E-state index in [1.165, 1.54) is 0 Å². The molecule has 1 aromatic heterocycles. The van der Waals surface area contributed by atoms with Crippen molar-refractivity contribution in [1.82, 2.24) is 9.97 Å². The molecule has 2 rings (SSSR count). The Labute approximate surface area is 86.7 Å². The third-order valence-corrected chi connectivity index (χ3v) is 2.84. The first-order chi connectivity index (χ1) is 6.75. The van der Waals surface area contributed by atoms with Crippen LogP contribution in [0.2, 0.25) is 0 Å². The molecule has 0 saturated carbocycles. The van der Waals surface area contributed by atoms with Crippen molar-refractivity contribution in [2.24, 2.45) is 0 Å². The van der Waals surface area contributed by atoms with Gasteiger partial charge in [-0.25, -0.2) is 4.98 Å². The average molecular weight is 205 g/mol. The predicted octanol–water partition coefficient (Wildman–Crippen LogP) is 2.45. The van der Waals surface area contributed by atoms with Crippen molar-refractivity contribution < 1.29 is 0 Å². The lowest BCUT2D eigenvalue weighted by Crippen LogP contribution is -1.89. The third-order valence-electron chi connectivity index (χ3n) is 1.94. The largest absolute Gasteiger partial charge is 0.398 e. The van der Waals surface area contributed by atoms with Crippen LogP contribution in [0.4, 0.5) is 5.69 Å². The summed E-state index contributed by atoms with van der Waals surface area (Å²) < 4.78 is 0. The summed E-state index contributed by atoms with van der Waals surface area (Å²) in [5.74, 6) is 0. The van der Waals surface area contributed by atoms with Crippen molar-refractivity contribution in [3.8, 4) is 0 Å². The fourth-order valence-corrected chi connectivity index (χ4v) is 1.89. The van der Waals surface area contributed by atoms with Gasteiger partial charge in [0.05, 0.1) is 0 Å². The Bertz CT molecular complexity index is 423. The molecule has 0 aliphatic heterocycles. The van der Waals surface area contributed by atoms with Gasteiger partial charge in [-0.2, -0.15) is 0 Å². The van der Waals surface area contributed by atoms with E-state index >= 15 is 0 Å². The second-order valence-electron chi connectivity index (χ2n) is 3.01. The van der Waals surface area contributed by atoms with Crippen LogP contribution in [0.15, 0.2) is 40.6 Å². The van der Waals surface area contributed by atoms with E-state index in [1.807, 2.05) is 25.1 Å². The number of imidazole rings is 1.